The molecule has 3 heteroatoms. The molecule has 1 aliphatic heterocycles. The Hall–Kier alpha value is -0.120. The van der Waals surface area contributed by atoms with Crippen molar-refractivity contribution in [3.05, 3.63) is 0 Å². The van der Waals surface area contributed by atoms with Gasteiger partial charge in [0.05, 0.1) is 12.7 Å². The van der Waals surface area contributed by atoms with E-state index in [1.54, 1.807) is 0 Å². The molecule has 0 radical (unpaired) electrons. The Morgan fingerprint density at radius 3 is 2.73 bits per heavy atom. The van der Waals surface area contributed by atoms with Gasteiger partial charge >= 0.3 is 0 Å². The van der Waals surface area contributed by atoms with Crippen molar-refractivity contribution in [2.45, 2.75) is 31.9 Å². The van der Waals surface area contributed by atoms with E-state index in [0.29, 0.717) is 5.92 Å². The highest BCUT2D eigenvalue weighted by atomic mass is 16.3. The highest BCUT2D eigenvalue weighted by Crippen LogP contribution is 2.15. The minimum atomic E-state index is -0.581. The van der Waals surface area contributed by atoms with Gasteiger partial charge in [0.15, 0.2) is 0 Å². The molecule has 11 heavy (non-hydrogen) atoms. The quantitative estimate of drug-likeness (QED) is 0.520. The van der Waals surface area contributed by atoms with Crippen molar-refractivity contribution in [2.75, 3.05) is 13.2 Å². The molecular weight excluding hydrogens is 142 g/mol. The second-order valence-electron chi connectivity index (χ2n) is 3.45. The van der Waals surface area contributed by atoms with Gasteiger partial charge in [-0.25, -0.2) is 0 Å². The maximum atomic E-state index is 9.26. The number of hydrogen-bond donors (Lipinski definition) is 3. The maximum Gasteiger partial charge on any atom is 0.0923 e. The Morgan fingerprint density at radius 2 is 2.27 bits per heavy atom. The van der Waals surface area contributed by atoms with Crippen LogP contribution in [0.3, 0.4) is 0 Å². The predicted octanol–water partition coefficient (Wildman–Crippen LogP) is -0.272. The van der Waals surface area contributed by atoms with Crippen LogP contribution in [0.4, 0.5) is 0 Å². The molecule has 1 saturated heterocycles. The van der Waals surface area contributed by atoms with Gasteiger partial charge < -0.3 is 15.5 Å². The summed E-state index contributed by atoms with van der Waals surface area (Å²) in [6.07, 6.45) is 1.54. The van der Waals surface area contributed by atoms with Crippen molar-refractivity contribution in [2.24, 2.45) is 5.92 Å². The Bertz CT molecular complexity index is 111. The highest BCUT2D eigenvalue weighted by Gasteiger charge is 2.22. The number of hydrogen-bond acceptors (Lipinski definition) is 3. The summed E-state index contributed by atoms with van der Waals surface area (Å²) in [7, 11) is 0. The fourth-order valence-corrected chi connectivity index (χ4v) is 1.48. The molecule has 0 aromatic rings. The first-order valence-electron chi connectivity index (χ1n) is 4.26. The van der Waals surface area contributed by atoms with Gasteiger partial charge in [-0.2, -0.15) is 0 Å². The molecule has 0 saturated carbocycles. The van der Waals surface area contributed by atoms with Crippen molar-refractivity contribution in [1.29, 1.82) is 0 Å². The smallest absolute Gasteiger partial charge is 0.0923 e. The summed E-state index contributed by atoms with van der Waals surface area (Å²) in [6, 6.07) is 0.108. The van der Waals surface area contributed by atoms with Gasteiger partial charge in [-0.15, -0.1) is 0 Å². The van der Waals surface area contributed by atoms with E-state index in [1.807, 2.05) is 0 Å². The van der Waals surface area contributed by atoms with Crippen LogP contribution in [0.15, 0.2) is 0 Å². The van der Waals surface area contributed by atoms with E-state index in [0.717, 1.165) is 19.4 Å². The summed E-state index contributed by atoms with van der Waals surface area (Å²) in [5.41, 5.74) is 0. The largest absolute Gasteiger partial charge is 0.394 e. The fraction of sp³-hybridized carbons (Fsp3) is 1.00. The monoisotopic (exact) mass is 159 g/mol. The van der Waals surface area contributed by atoms with Gasteiger partial charge in [0.25, 0.3) is 0 Å². The van der Waals surface area contributed by atoms with Crippen LogP contribution >= 0.6 is 0 Å². The van der Waals surface area contributed by atoms with Crippen LogP contribution in [0.1, 0.15) is 19.8 Å². The van der Waals surface area contributed by atoms with Crippen molar-refractivity contribution < 1.29 is 10.2 Å². The van der Waals surface area contributed by atoms with E-state index < -0.39 is 6.10 Å². The molecule has 0 aliphatic carbocycles. The number of rotatable bonds is 2. The number of piperidine rings is 1. The van der Waals surface area contributed by atoms with Gasteiger partial charge in [0.2, 0.25) is 0 Å². The first-order chi connectivity index (χ1) is 5.24. The first-order valence-corrected chi connectivity index (χ1v) is 4.26. The Balaban J connectivity index is 2.27. The molecule has 1 fully saturated rings. The summed E-state index contributed by atoms with van der Waals surface area (Å²) >= 11 is 0. The minimum Gasteiger partial charge on any atom is -0.394 e. The lowest BCUT2D eigenvalue weighted by atomic mass is 9.94. The molecule has 3 nitrogen and oxygen atoms in total. The number of aliphatic hydroxyl groups is 2. The Labute approximate surface area is 67.4 Å². The molecule has 3 unspecified atom stereocenters. The Morgan fingerprint density at radius 1 is 1.55 bits per heavy atom. The van der Waals surface area contributed by atoms with Gasteiger partial charge in [0, 0.05) is 6.04 Å². The van der Waals surface area contributed by atoms with E-state index in [2.05, 4.69) is 12.2 Å². The molecule has 66 valence electrons. The molecule has 0 amide bonds. The SMILES string of the molecule is CC1CCC(C(O)CO)NC1. The molecule has 0 aromatic carbocycles. The van der Waals surface area contributed by atoms with Crippen molar-refractivity contribution in [1.82, 2.24) is 5.32 Å². The third-order valence-corrected chi connectivity index (χ3v) is 2.35. The molecule has 1 aliphatic rings. The summed E-state index contributed by atoms with van der Waals surface area (Å²) in [6.45, 7) is 3.02. The topological polar surface area (TPSA) is 52.5 Å². The fourth-order valence-electron chi connectivity index (χ4n) is 1.48. The summed E-state index contributed by atoms with van der Waals surface area (Å²) in [5.74, 6) is 0.706. The lowest BCUT2D eigenvalue weighted by Gasteiger charge is -2.30. The van der Waals surface area contributed by atoms with Crippen LogP contribution < -0.4 is 5.32 Å². The molecule has 0 spiro atoms. The van der Waals surface area contributed by atoms with Crippen LogP contribution in [0, 0.1) is 5.92 Å². The molecular formula is C8H17NO2. The van der Waals surface area contributed by atoms with Gasteiger partial charge in [-0.3, -0.25) is 0 Å². The van der Waals surface area contributed by atoms with Crippen LogP contribution in [0.5, 0.6) is 0 Å². The van der Waals surface area contributed by atoms with E-state index >= 15 is 0 Å². The van der Waals surface area contributed by atoms with E-state index in [1.165, 1.54) is 0 Å². The average molecular weight is 159 g/mol. The van der Waals surface area contributed by atoms with Crippen LogP contribution in [-0.4, -0.2) is 35.5 Å². The number of aliphatic hydroxyl groups excluding tert-OH is 2. The summed E-state index contributed by atoms with van der Waals surface area (Å²) in [4.78, 5) is 0. The zero-order chi connectivity index (χ0) is 8.27. The van der Waals surface area contributed by atoms with Gasteiger partial charge in [0.1, 0.15) is 0 Å². The number of nitrogens with one attached hydrogen (secondary N) is 1. The van der Waals surface area contributed by atoms with Gasteiger partial charge in [-0.1, -0.05) is 6.92 Å². The normalized spacial score (nSPS) is 35.2. The molecule has 3 atom stereocenters. The lowest BCUT2D eigenvalue weighted by Crippen LogP contribution is -2.46. The molecule has 1 rings (SSSR count). The predicted molar refractivity (Wildman–Crippen MR) is 43.3 cm³/mol. The van der Waals surface area contributed by atoms with Crippen molar-refractivity contribution in [3.8, 4) is 0 Å². The van der Waals surface area contributed by atoms with Crippen LogP contribution in [-0.2, 0) is 0 Å². The first kappa shape index (κ1) is 8.97. The van der Waals surface area contributed by atoms with Crippen LogP contribution in [0.2, 0.25) is 0 Å². The summed E-state index contributed by atoms with van der Waals surface area (Å²) in [5, 5.41) is 21.1. The van der Waals surface area contributed by atoms with Crippen LogP contribution in [0.25, 0.3) is 0 Å². The van der Waals surface area contributed by atoms with Crippen molar-refractivity contribution in [3.63, 3.8) is 0 Å². The average Bonchev–Trinajstić information content (AvgIpc) is 2.05. The van der Waals surface area contributed by atoms with Crippen molar-refractivity contribution >= 4 is 0 Å². The minimum absolute atomic E-state index is 0.108. The maximum absolute atomic E-state index is 9.26. The second kappa shape index (κ2) is 4.04. The third-order valence-electron chi connectivity index (χ3n) is 2.35. The van der Waals surface area contributed by atoms with Gasteiger partial charge in [-0.05, 0) is 25.3 Å². The zero-order valence-electron chi connectivity index (χ0n) is 6.95. The summed E-state index contributed by atoms with van der Waals surface area (Å²) < 4.78 is 0. The molecule has 1 heterocycles. The highest BCUT2D eigenvalue weighted by molar-refractivity contribution is 4.81. The standard InChI is InChI=1S/C8H17NO2/c1-6-2-3-7(9-4-6)8(11)5-10/h6-11H,2-5H2,1H3. The van der Waals surface area contributed by atoms with E-state index in [-0.39, 0.29) is 12.6 Å². The second-order valence-corrected chi connectivity index (χ2v) is 3.45. The lowest BCUT2D eigenvalue weighted by molar-refractivity contribution is 0.0497. The zero-order valence-corrected chi connectivity index (χ0v) is 6.95. The van der Waals surface area contributed by atoms with E-state index in [4.69, 9.17) is 5.11 Å². The molecule has 3 N–H and O–H groups in total. The van der Waals surface area contributed by atoms with E-state index in [9.17, 15) is 5.11 Å². The third kappa shape index (κ3) is 2.43. The molecule has 0 bridgehead atoms. The Kier molecular flexibility index (Phi) is 3.30. The molecule has 0 aromatic heterocycles.